The van der Waals surface area contributed by atoms with E-state index in [1.165, 1.54) is 12.5 Å². The smallest absolute Gasteiger partial charge is 0.371 e. The molecule has 3 nitrogen and oxygen atoms in total. The van der Waals surface area contributed by atoms with Gasteiger partial charge in [0.1, 0.15) is 5.60 Å². The van der Waals surface area contributed by atoms with Gasteiger partial charge in [0, 0.05) is 19.0 Å². The lowest BCUT2D eigenvalue weighted by Crippen LogP contribution is -2.34. The maximum atomic E-state index is 12.3. The van der Waals surface area contributed by atoms with Gasteiger partial charge in [0.05, 0.1) is 5.69 Å². The SMILES string of the molecule is COC(C)(CN)c1csc(C(F)(F)F)n1. The van der Waals surface area contributed by atoms with E-state index < -0.39 is 16.8 Å². The monoisotopic (exact) mass is 240 g/mol. The molecular formula is C8H11F3N2OS. The predicted octanol–water partition coefficient (Wildman–Crippen LogP) is 1.98. The maximum absolute atomic E-state index is 12.3. The Labute approximate surface area is 89.1 Å². The van der Waals surface area contributed by atoms with Gasteiger partial charge in [0.25, 0.3) is 0 Å². The molecule has 0 aliphatic rings. The fraction of sp³-hybridized carbons (Fsp3) is 0.625. The predicted molar refractivity (Wildman–Crippen MR) is 50.5 cm³/mol. The first-order valence-electron chi connectivity index (χ1n) is 4.12. The highest BCUT2D eigenvalue weighted by molar-refractivity contribution is 7.09. The van der Waals surface area contributed by atoms with Gasteiger partial charge in [-0.25, -0.2) is 4.98 Å². The van der Waals surface area contributed by atoms with Crippen molar-refractivity contribution in [3.05, 3.63) is 16.1 Å². The van der Waals surface area contributed by atoms with E-state index in [0.717, 1.165) is 0 Å². The van der Waals surface area contributed by atoms with Crippen molar-refractivity contribution in [1.82, 2.24) is 4.98 Å². The molecule has 1 aromatic heterocycles. The number of rotatable bonds is 3. The molecule has 1 heterocycles. The molecule has 1 unspecified atom stereocenters. The lowest BCUT2D eigenvalue weighted by Gasteiger charge is -2.23. The molecule has 2 N–H and O–H groups in total. The van der Waals surface area contributed by atoms with Crippen LogP contribution in [0.1, 0.15) is 17.6 Å². The Hall–Kier alpha value is -0.660. The van der Waals surface area contributed by atoms with Crippen molar-refractivity contribution in [3.63, 3.8) is 0 Å². The quantitative estimate of drug-likeness (QED) is 0.878. The van der Waals surface area contributed by atoms with Gasteiger partial charge in [-0.2, -0.15) is 13.2 Å². The van der Waals surface area contributed by atoms with Gasteiger partial charge in [-0.3, -0.25) is 0 Å². The molecule has 0 amide bonds. The average Bonchev–Trinajstić information content (AvgIpc) is 2.65. The molecule has 1 atom stereocenters. The third-order valence-electron chi connectivity index (χ3n) is 2.13. The van der Waals surface area contributed by atoms with Gasteiger partial charge < -0.3 is 10.5 Å². The minimum atomic E-state index is -4.41. The number of methoxy groups -OCH3 is 1. The molecule has 7 heteroatoms. The van der Waals surface area contributed by atoms with Crippen LogP contribution in [0, 0.1) is 0 Å². The summed E-state index contributed by atoms with van der Waals surface area (Å²) in [7, 11) is 1.39. The molecular weight excluding hydrogens is 229 g/mol. The number of ether oxygens (including phenoxy) is 1. The topological polar surface area (TPSA) is 48.1 Å². The van der Waals surface area contributed by atoms with Gasteiger partial charge in [0.2, 0.25) is 0 Å². The van der Waals surface area contributed by atoms with Crippen molar-refractivity contribution >= 4 is 11.3 Å². The van der Waals surface area contributed by atoms with Crippen LogP contribution in [-0.4, -0.2) is 18.6 Å². The van der Waals surface area contributed by atoms with Crippen molar-refractivity contribution in [3.8, 4) is 0 Å². The molecule has 15 heavy (non-hydrogen) atoms. The Kier molecular flexibility index (Phi) is 3.37. The Balaban J connectivity index is 3.03. The molecule has 0 fully saturated rings. The molecule has 1 aromatic rings. The van der Waals surface area contributed by atoms with Gasteiger partial charge >= 0.3 is 6.18 Å². The van der Waals surface area contributed by atoms with E-state index in [1.807, 2.05) is 0 Å². The molecule has 0 bridgehead atoms. The largest absolute Gasteiger partial charge is 0.443 e. The lowest BCUT2D eigenvalue weighted by atomic mass is 10.0. The standard InChI is InChI=1S/C8H11F3N2OS/c1-7(4-12,14-2)5-3-15-6(13-5)8(9,10)11/h3H,4,12H2,1-2H3. The fourth-order valence-electron chi connectivity index (χ4n) is 0.939. The number of alkyl halides is 3. The van der Waals surface area contributed by atoms with E-state index in [-0.39, 0.29) is 12.2 Å². The highest BCUT2D eigenvalue weighted by Gasteiger charge is 2.37. The van der Waals surface area contributed by atoms with E-state index >= 15 is 0 Å². The van der Waals surface area contributed by atoms with E-state index in [2.05, 4.69) is 4.98 Å². The number of nitrogens with zero attached hydrogens (tertiary/aromatic N) is 1. The van der Waals surface area contributed by atoms with Crippen LogP contribution >= 0.6 is 11.3 Å². The summed E-state index contributed by atoms with van der Waals surface area (Å²) >= 11 is 0.542. The van der Waals surface area contributed by atoms with Crippen molar-refractivity contribution in [2.45, 2.75) is 18.7 Å². The summed E-state index contributed by atoms with van der Waals surface area (Å²) < 4.78 is 41.9. The van der Waals surface area contributed by atoms with Crippen molar-refractivity contribution in [1.29, 1.82) is 0 Å². The Bertz CT molecular complexity index is 333. The Morgan fingerprint density at radius 2 is 2.13 bits per heavy atom. The molecule has 1 rings (SSSR count). The summed E-state index contributed by atoms with van der Waals surface area (Å²) in [4.78, 5) is 3.48. The van der Waals surface area contributed by atoms with Crippen LogP contribution in [0.4, 0.5) is 13.2 Å². The fourth-order valence-corrected chi connectivity index (χ4v) is 1.75. The van der Waals surface area contributed by atoms with Crippen LogP contribution < -0.4 is 5.73 Å². The van der Waals surface area contributed by atoms with Crippen LogP contribution in [0.3, 0.4) is 0 Å². The summed E-state index contributed by atoms with van der Waals surface area (Å²) in [6.07, 6.45) is -4.41. The molecule has 0 radical (unpaired) electrons. The zero-order valence-corrected chi connectivity index (χ0v) is 9.08. The second-order valence-electron chi connectivity index (χ2n) is 3.17. The number of hydrogen-bond donors (Lipinski definition) is 1. The lowest BCUT2D eigenvalue weighted by molar-refractivity contribution is -0.138. The highest BCUT2D eigenvalue weighted by Crippen LogP contribution is 2.34. The zero-order valence-electron chi connectivity index (χ0n) is 8.26. The number of halogens is 3. The average molecular weight is 240 g/mol. The van der Waals surface area contributed by atoms with Crippen LogP contribution in [0.25, 0.3) is 0 Å². The van der Waals surface area contributed by atoms with Crippen LogP contribution in [0.2, 0.25) is 0 Å². The minimum Gasteiger partial charge on any atom is -0.371 e. The maximum Gasteiger partial charge on any atom is 0.443 e. The van der Waals surface area contributed by atoms with Gasteiger partial charge in [0.15, 0.2) is 5.01 Å². The van der Waals surface area contributed by atoms with Gasteiger partial charge in [-0.15, -0.1) is 11.3 Å². The Morgan fingerprint density at radius 1 is 1.53 bits per heavy atom. The number of thiazole rings is 1. The second kappa shape index (κ2) is 4.07. The Morgan fingerprint density at radius 3 is 2.47 bits per heavy atom. The molecule has 0 saturated carbocycles. The number of nitrogens with two attached hydrogens (primary N) is 1. The first-order valence-corrected chi connectivity index (χ1v) is 5.00. The molecule has 0 saturated heterocycles. The van der Waals surface area contributed by atoms with Crippen molar-refractivity contribution < 1.29 is 17.9 Å². The molecule has 86 valence electrons. The molecule has 0 aliphatic heterocycles. The molecule has 0 aromatic carbocycles. The highest BCUT2D eigenvalue weighted by atomic mass is 32.1. The van der Waals surface area contributed by atoms with Crippen molar-refractivity contribution in [2.24, 2.45) is 5.73 Å². The number of hydrogen-bond acceptors (Lipinski definition) is 4. The number of aromatic nitrogens is 1. The van der Waals surface area contributed by atoms with Crippen molar-refractivity contribution in [2.75, 3.05) is 13.7 Å². The van der Waals surface area contributed by atoms with Crippen LogP contribution in [0.5, 0.6) is 0 Å². The van der Waals surface area contributed by atoms with Gasteiger partial charge in [-0.05, 0) is 6.92 Å². The summed E-state index contributed by atoms with van der Waals surface area (Å²) in [5.74, 6) is 0. The first-order chi connectivity index (χ1) is 6.83. The van der Waals surface area contributed by atoms with E-state index in [1.54, 1.807) is 6.92 Å². The first kappa shape index (κ1) is 12.4. The summed E-state index contributed by atoms with van der Waals surface area (Å²) in [6.45, 7) is 1.67. The summed E-state index contributed by atoms with van der Waals surface area (Å²) in [5.41, 5.74) is 4.68. The van der Waals surface area contributed by atoms with E-state index in [0.29, 0.717) is 11.3 Å². The van der Waals surface area contributed by atoms with Crippen LogP contribution in [-0.2, 0) is 16.5 Å². The molecule has 0 aliphatic carbocycles. The zero-order chi connectivity index (χ0) is 11.7. The minimum absolute atomic E-state index is 0.0739. The third kappa shape index (κ3) is 2.47. The normalized spacial score (nSPS) is 16.4. The molecule has 0 spiro atoms. The second-order valence-corrected chi connectivity index (χ2v) is 4.03. The van der Waals surface area contributed by atoms with E-state index in [4.69, 9.17) is 10.5 Å². The third-order valence-corrected chi connectivity index (χ3v) is 3.02. The summed E-state index contributed by atoms with van der Waals surface area (Å²) in [5, 5.41) is 0.438. The van der Waals surface area contributed by atoms with Gasteiger partial charge in [-0.1, -0.05) is 0 Å². The van der Waals surface area contributed by atoms with E-state index in [9.17, 15) is 13.2 Å². The summed E-state index contributed by atoms with van der Waals surface area (Å²) in [6, 6.07) is 0. The van der Waals surface area contributed by atoms with Crippen LogP contribution in [0.15, 0.2) is 5.38 Å².